The Morgan fingerprint density at radius 3 is 2.59 bits per heavy atom. The summed E-state index contributed by atoms with van der Waals surface area (Å²) in [5, 5.41) is 4.18. The molecule has 17 heavy (non-hydrogen) atoms. The molecule has 2 nitrogen and oxygen atoms in total. The minimum atomic E-state index is -4.35. The van der Waals surface area contributed by atoms with Crippen molar-refractivity contribution in [3.63, 3.8) is 0 Å². The van der Waals surface area contributed by atoms with Gasteiger partial charge in [-0.05, 0) is 12.1 Å². The summed E-state index contributed by atoms with van der Waals surface area (Å²) >= 11 is 3.18. The minimum absolute atomic E-state index is 0.385. The van der Waals surface area contributed by atoms with E-state index in [0.29, 0.717) is 22.3 Å². The molecule has 0 spiro atoms. The van der Waals surface area contributed by atoms with E-state index < -0.39 is 11.7 Å². The first-order chi connectivity index (χ1) is 8.00. The van der Waals surface area contributed by atoms with Crippen LogP contribution >= 0.6 is 15.9 Å². The van der Waals surface area contributed by atoms with Crippen molar-refractivity contribution >= 4 is 15.9 Å². The first-order valence-electron chi connectivity index (χ1n) is 4.70. The van der Waals surface area contributed by atoms with E-state index in [1.165, 1.54) is 6.07 Å². The first kappa shape index (κ1) is 12.2. The summed E-state index contributed by atoms with van der Waals surface area (Å²) in [5.74, 6) is 0.567. The van der Waals surface area contributed by atoms with Crippen molar-refractivity contribution in [1.82, 2.24) is 5.16 Å². The molecule has 0 aliphatic heterocycles. The number of halogens is 4. The molecule has 0 N–H and O–H groups in total. The second kappa shape index (κ2) is 4.52. The Balaban J connectivity index is 2.39. The average Bonchev–Trinajstić information content (AvgIpc) is 2.76. The van der Waals surface area contributed by atoms with E-state index in [9.17, 15) is 13.2 Å². The van der Waals surface area contributed by atoms with E-state index in [-0.39, 0.29) is 0 Å². The van der Waals surface area contributed by atoms with Gasteiger partial charge in [0.2, 0.25) is 0 Å². The van der Waals surface area contributed by atoms with E-state index >= 15 is 0 Å². The Bertz CT molecular complexity index is 521. The molecule has 0 radical (unpaired) electrons. The molecule has 1 aromatic heterocycles. The number of hydrogen-bond acceptors (Lipinski definition) is 2. The van der Waals surface area contributed by atoms with Crippen LogP contribution in [-0.2, 0) is 11.5 Å². The van der Waals surface area contributed by atoms with Crippen LogP contribution in [0.25, 0.3) is 11.3 Å². The van der Waals surface area contributed by atoms with E-state index in [4.69, 9.17) is 4.52 Å². The molecule has 0 aliphatic carbocycles. The maximum Gasteiger partial charge on any atom is 0.416 e. The highest BCUT2D eigenvalue weighted by Gasteiger charge is 2.30. The van der Waals surface area contributed by atoms with Crippen molar-refractivity contribution in [2.24, 2.45) is 0 Å². The molecule has 0 atom stereocenters. The highest BCUT2D eigenvalue weighted by molar-refractivity contribution is 9.08. The van der Waals surface area contributed by atoms with Crippen LogP contribution in [0.2, 0.25) is 0 Å². The zero-order valence-electron chi connectivity index (χ0n) is 8.46. The van der Waals surface area contributed by atoms with Crippen molar-refractivity contribution < 1.29 is 17.7 Å². The molecule has 0 saturated carbocycles. The second-order valence-corrected chi connectivity index (χ2v) is 3.95. The summed E-state index contributed by atoms with van der Waals surface area (Å²) in [6.45, 7) is 0. The quantitative estimate of drug-likeness (QED) is 0.775. The largest absolute Gasteiger partial charge is 0.416 e. The van der Waals surface area contributed by atoms with Gasteiger partial charge in [-0.3, -0.25) is 0 Å². The summed E-state index contributed by atoms with van der Waals surface area (Å²) in [5.41, 5.74) is 0.0831. The van der Waals surface area contributed by atoms with Crippen molar-refractivity contribution in [3.8, 4) is 11.3 Å². The topological polar surface area (TPSA) is 26.0 Å². The van der Waals surface area contributed by atoms with E-state index in [1.807, 2.05) is 0 Å². The summed E-state index contributed by atoms with van der Waals surface area (Å²) in [4.78, 5) is 0. The maximum atomic E-state index is 12.5. The third-order valence-corrected chi connectivity index (χ3v) is 2.73. The van der Waals surface area contributed by atoms with Crippen LogP contribution in [0.4, 0.5) is 13.2 Å². The van der Waals surface area contributed by atoms with Crippen molar-refractivity contribution in [2.45, 2.75) is 11.5 Å². The lowest BCUT2D eigenvalue weighted by Crippen LogP contribution is -2.04. The molecule has 0 amide bonds. The number of aromatic nitrogens is 1. The molecule has 0 bridgehead atoms. The van der Waals surface area contributed by atoms with Gasteiger partial charge in [0.1, 0.15) is 11.5 Å². The molecular weight excluding hydrogens is 299 g/mol. The van der Waals surface area contributed by atoms with Gasteiger partial charge in [-0.15, -0.1) is 0 Å². The maximum absolute atomic E-state index is 12.5. The van der Waals surface area contributed by atoms with Gasteiger partial charge in [0.25, 0.3) is 0 Å². The lowest BCUT2D eigenvalue weighted by atomic mass is 10.1. The average molecular weight is 306 g/mol. The van der Waals surface area contributed by atoms with Crippen LogP contribution in [0, 0.1) is 0 Å². The lowest BCUT2D eigenvalue weighted by molar-refractivity contribution is -0.137. The molecule has 90 valence electrons. The van der Waals surface area contributed by atoms with E-state index in [0.717, 1.165) is 12.1 Å². The van der Waals surface area contributed by atoms with Gasteiger partial charge < -0.3 is 4.52 Å². The Hall–Kier alpha value is -1.30. The molecule has 1 heterocycles. The minimum Gasteiger partial charge on any atom is -0.360 e. The molecule has 0 saturated heterocycles. The molecular formula is C11H7BrF3NO. The highest BCUT2D eigenvalue weighted by atomic mass is 79.9. The smallest absolute Gasteiger partial charge is 0.360 e. The zero-order valence-corrected chi connectivity index (χ0v) is 10.0. The van der Waals surface area contributed by atoms with Gasteiger partial charge in [-0.2, -0.15) is 13.2 Å². The van der Waals surface area contributed by atoms with Gasteiger partial charge in [-0.1, -0.05) is 33.2 Å². The number of rotatable bonds is 2. The van der Waals surface area contributed by atoms with Gasteiger partial charge in [0, 0.05) is 11.6 Å². The molecule has 2 rings (SSSR count). The Morgan fingerprint density at radius 1 is 1.24 bits per heavy atom. The third-order valence-electron chi connectivity index (χ3n) is 2.18. The number of nitrogens with zero attached hydrogens (tertiary/aromatic N) is 1. The predicted octanol–water partition coefficient (Wildman–Crippen LogP) is 4.26. The van der Waals surface area contributed by atoms with Crippen LogP contribution < -0.4 is 0 Å². The van der Waals surface area contributed by atoms with Crippen LogP contribution in [0.1, 0.15) is 11.3 Å². The summed E-state index contributed by atoms with van der Waals surface area (Å²) in [7, 11) is 0. The fourth-order valence-electron chi connectivity index (χ4n) is 1.37. The molecule has 6 heteroatoms. The van der Waals surface area contributed by atoms with Crippen LogP contribution in [0.15, 0.2) is 34.9 Å². The zero-order chi connectivity index (χ0) is 12.5. The van der Waals surface area contributed by atoms with Gasteiger partial charge in [-0.25, -0.2) is 0 Å². The Morgan fingerprint density at radius 2 is 2.00 bits per heavy atom. The van der Waals surface area contributed by atoms with Crippen molar-refractivity contribution in [2.75, 3.05) is 0 Å². The SMILES string of the molecule is FC(F)(F)c1cccc(-c2cc(CBr)on2)c1. The number of alkyl halides is 4. The van der Waals surface area contributed by atoms with Crippen molar-refractivity contribution in [1.29, 1.82) is 0 Å². The second-order valence-electron chi connectivity index (χ2n) is 3.39. The Kier molecular flexibility index (Phi) is 3.24. The fraction of sp³-hybridized carbons (Fsp3) is 0.182. The lowest BCUT2D eigenvalue weighted by Gasteiger charge is -2.06. The predicted molar refractivity (Wildman–Crippen MR) is 59.6 cm³/mol. The number of benzene rings is 1. The van der Waals surface area contributed by atoms with Gasteiger partial charge in [0.15, 0.2) is 0 Å². The van der Waals surface area contributed by atoms with Gasteiger partial charge in [0.05, 0.1) is 10.9 Å². The molecule has 1 aromatic carbocycles. The van der Waals surface area contributed by atoms with Crippen LogP contribution in [0.5, 0.6) is 0 Å². The summed E-state index contributed by atoms with van der Waals surface area (Å²) in [6, 6.07) is 6.58. The number of hydrogen-bond donors (Lipinski definition) is 0. The van der Waals surface area contributed by atoms with Crippen LogP contribution in [0.3, 0.4) is 0 Å². The van der Waals surface area contributed by atoms with Crippen molar-refractivity contribution in [3.05, 3.63) is 41.7 Å². The van der Waals surface area contributed by atoms with E-state index in [1.54, 1.807) is 12.1 Å². The molecule has 2 aromatic rings. The first-order valence-corrected chi connectivity index (χ1v) is 5.82. The summed E-state index contributed by atoms with van der Waals surface area (Å²) in [6.07, 6.45) is -4.35. The highest BCUT2D eigenvalue weighted by Crippen LogP contribution is 2.32. The monoisotopic (exact) mass is 305 g/mol. The normalized spacial score (nSPS) is 11.8. The summed E-state index contributed by atoms with van der Waals surface area (Å²) < 4.78 is 42.4. The Labute approximate surface area is 104 Å². The standard InChI is InChI=1S/C11H7BrF3NO/c12-6-9-5-10(16-17-9)7-2-1-3-8(4-7)11(13,14)15/h1-5H,6H2. The third kappa shape index (κ3) is 2.69. The van der Waals surface area contributed by atoms with Gasteiger partial charge >= 0.3 is 6.18 Å². The van der Waals surface area contributed by atoms with E-state index in [2.05, 4.69) is 21.1 Å². The molecule has 0 aliphatic rings. The van der Waals surface area contributed by atoms with Crippen LogP contribution in [-0.4, -0.2) is 5.16 Å². The fourth-order valence-corrected chi connectivity index (χ4v) is 1.63. The molecule has 0 fully saturated rings. The molecule has 0 unspecified atom stereocenters.